The number of carbonyl (C=O) groups is 1. The van der Waals surface area contributed by atoms with Crippen molar-refractivity contribution in [1.29, 1.82) is 0 Å². The van der Waals surface area contributed by atoms with Gasteiger partial charge in [0, 0.05) is 24.0 Å². The Hall–Kier alpha value is -2.73. The lowest BCUT2D eigenvalue weighted by atomic mass is 10.1. The average Bonchev–Trinajstić information content (AvgIpc) is 3.25. The quantitative estimate of drug-likeness (QED) is 0.559. The maximum absolute atomic E-state index is 12.3. The minimum absolute atomic E-state index is 0.122. The molecule has 1 aliphatic heterocycles. The molecule has 0 spiro atoms. The molecule has 3 rings (SSSR count). The number of anilines is 2. The first kappa shape index (κ1) is 22.0. The third-order valence-electron chi connectivity index (χ3n) is 4.85. The van der Waals surface area contributed by atoms with Gasteiger partial charge in [0.1, 0.15) is 18.1 Å². The normalized spacial score (nSPS) is 15.8. The van der Waals surface area contributed by atoms with Gasteiger partial charge in [-0.2, -0.15) is 0 Å². The summed E-state index contributed by atoms with van der Waals surface area (Å²) >= 11 is 0. The zero-order valence-electron chi connectivity index (χ0n) is 17.9. The zero-order valence-corrected chi connectivity index (χ0v) is 17.9. The number of benzene rings is 2. The number of ether oxygens (including phenoxy) is 3. The summed E-state index contributed by atoms with van der Waals surface area (Å²) in [7, 11) is 0. The number of rotatable bonds is 11. The Bertz CT molecular complexity index is 786. The van der Waals surface area contributed by atoms with Crippen molar-refractivity contribution in [3.8, 4) is 11.5 Å². The van der Waals surface area contributed by atoms with Crippen LogP contribution in [0, 0.1) is 5.92 Å². The van der Waals surface area contributed by atoms with E-state index in [-0.39, 0.29) is 18.6 Å². The Balaban J connectivity index is 1.40. The van der Waals surface area contributed by atoms with Gasteiger partial charge in [-0.3, -0.25) is 4.79 Å². The molecule has 30 heavy (non-hydrogen) atoms. The molecule has 1 unspecified atom stereocenters. The van der Waals surface area contributed by atoms with Gasteiger partial charge in [0.05, 0.1) is 19.3 Å². The molecule has 2 N–H and O–H groups in total. The van der Waals surface area contributed by atoms with Crippen LogP contribution in [0.1, 0.15) is 33.1 Å². The molecule has 1 atom stereocenters. The maximum atomic E-state index is 12.3. The monoisotopic (exact) mass is 412 g/mol. The van der Waals surface area contributed by atoms with Gasteiger partial charge in [-0.15, -0.1) is 0 Å². The Morgan fingerprint density at radius 1 is 1.10 bits per heavy atom. The second-order valence-corrected chi connectivity index (χ2v) is 7.93. The van der Waals surface area contributed by atoms with Crippen molar-refractivity contribution in [3.63, 3.8) is 0 Å². The highest BCUT2D eigenvalue weighted by molar-refractivity contribution is 5.93. The molecule has 6 heteroatoms. The molecule has 162 valence electrons. The fraction of sp³-hybridized carbons (Fsp3) is 0.458. The van der Waals surface area contributed by atoms with Crippen LogP contribution in [0.4, 0.5) is 11.4 Å². The van der Waals surface area contributed by atoms with E-state index in [1.54, 1.807) is 0 Å². The van der Waals surface area contributed by atoms with Crippen molar-refractivity contribution < 1.29 is 19.0 Å². The lowest BCUT2D eigenvalue weighted by molar-refractivity contribution is -0.114. The number of amides is 1. The molecule has 1 aliphatic rings. The van der Waals surface area contributed by atoms with E-state index in [1.165, 1.54) is 0 Å². The van der Waals surface area contributed by atoms with Gasteiger partial charge in [-0.1, -0.05) is 19.9 Å². The van der Waals surface area contributed by atoms with Crippen LogP contribution in [0.5, 0.6) is 11.5 Å². The zero-order chi connectivity index (χ0) is 21.2. The van der Waals surface area contributed by atoms with Crippen molar-refractivity contribution in [2.75, 3.05) is 37.0 Å². The number of hydrogen-bond acceptors (Lipinski definition) is 5. The highest BCUT2D eigenvalue weighted by atomic mass is 16.5. The molecule has 2 aromatic rings. The summed E-state index contributed by atoms with van der Waals surface area (Å²) in [6.45, 7) is 6.59. The van der Waals surface area contributed by atoms with E-state index in [9.17, 15) is 4.79 Å². The van der Waals surface area contributed by atoms with E-state index in [1.807, 2.05) is 48.5 Å². The van der Waals surface area contributed by atoms with E-state index in [0.717, 1.165) is 43.1 Å². The van der Waals surface area contributed by atoms with E-state index >= 15 is 0 Å². The molecule has 1 fully saturated rings. The topological polar surface area (TPSA) is 68.8 Å². The maximum Gasteiger partial charge on any atom is 0.243 e. The summed E-state index contributed by atoms with van der Waals surface area (Å²) in [4.78, 5) is 12.3. The van der Waals surface area contributed by atoms with Crippen LogP contribution < -0.4 is 20.1 Å². The third kappa shape index (κ3) is 7.59. The van der Waals surface area contributed by atoms with Crippen LogP contribution in [-0.4, -0.2) is 38.4 Å². The highest BCUT2D eigenvalue weighted by Crippen LogP contribution is 2.20. The molecular formula is C24H32N2O4. The first-order chi connectivity index (χ1) is 14.6. The molecule has 1 heterocycles. The fourth-order valence-corrected chi connectivity index (χ4v) is 3.10. The lowest BCUT2D eigenvalue weighted by Gasteiger charge is -2.13. The molecule has 2 aromatic carbocycles. The van der Waals surface area contributed by atoms with Gasteiger partial charge >= 0.3 is 0 Å². The summed E-state index contributed by atoms with van der Waals surface area (Å²) in [5.74, 6) is 2.07. The molecule has 0 aliphatic carbocycles. The minimum atomic E-state index is -0.122. The number of carbonyl (C=O) groups excluding carboxylic acids is 1. The second-order valence-electron chi connectivity index (χ2n) is 7.93. The van der Waals surface area contributed by atoms with Crippen molar-refractivity contribution in [2.45, 2.75) is 39.2 Å². The first-order valence-corrected chi connectivity index (χ1v) is 10.7. The molecule has 6 nitrogen and oxygen atoms in total. The molecule has 1 amide bonds. The first-order valence-electron chi connectivity index (χ1n) is 10.7. The van der Waals surface area contributed by atoms with Gasteiger partial charge < -0.3 is 24.8 Å². The molecular weight excluding hydrogens is 380 g/mol. The molecule has 0 aromatic heterocycles. The second kappa shape index (κ2) is 11.5. The Labute approximate surface area is 178 Å². The average molecular weight is 413 g/mol. The summed E-state index contributed by atoms with van der Waals surface area (Å²) in [6, 6.07) is 15.1. The van der Waals surface area contributed by atoms with Crippen molar-refractivity contribution in [1.82, 2.24) is 0 Å². The van der Waals surface area contributed by atoms with E-state index < -0.39 is 0 Å². The Morgan fingerprint density at radius 2 is 1.93 bits per heavy atom. The predicted molar refractivity (Wildman–Crippen MR) is 119 cm³/mol. The highest BCUT2D eigenvalue weighted by Gasteiger charge is 2.16. The largest absolute Gasteiger partial charge is 0.494 e. The Morgan fingerprint density at radius 3 is 2.67 bits per heavy atom. The number of hydrogen-bond donors (Lipinski definition) is 2. The molecule has 1 saturated heterocycles. The molecule has 0 bridgehead atoms. The van der Waals surface area contributed by atoms with Gasteiger partial charge in [0.15, 0.2) is 0 Å². The van der Waals surface area contributed by atoms with Crippen LogP contribution in [0.15, 0.2) is 48.5 Å². The number of nitrogens with one attached hydrogen (secondary N) is 2. The van der Waals surface area contributed by atoms with Crippen molar-refractivity contribution in [3.05, 3.63) is 48.5 Å². The van der Waals surface area contributed by atoms with Crippen molar-refractivity contribution in [2.24, 2.45) is 5.92 Å². The molecule has 0 radical (unpaired) electrons. The SMILES string of the molecule is CC(C)CCOc1ccc(NCC(=O)Nc2cccc(OCC3CCCO3)c2)cc1. The summed E-state index contributed by atoms with van der Waals surface area (Å²) in [5, 5.41) is 6.02. The van der Waals surface area contributed by atoms with Gasteiger partial charge in [-0.25, -0.2) is 0 Å². The van der Waals surface area contributed by atoms with E-state index in [4.69, 9.17) is 14.2 Å². The van der Waals surface area contributed by atoms with Crippen molar-refractivity contribution >= 4 is 17.3 Å². The lowest BCUT2D eigenvalue weighted by Crippen LogP contribution is -2.21. The van der Waals surface area contributed by atoms with E-state index in [0.29, 0.717) is 24.8 Å². The van der Waals surface area contributed by atoms with Crippen LogP contribution in [0.25, 0.3) is 0 Å². The van der Waals surface area contributed by atoms with Gasteiger partial charge in [-0.05, 0) is 61.6 Å². The summed E-state index contributed by atoms with van der Waals surface area (Å²) < 4.78 is 17.1. The predicted octanol–water partition coefficient (Wildman–Crippen LogP) is 4.72. The van der Waals surface area contributed by atoms with Crippen LogP contribution in [-0.2, 0) is 9.53 Å². The minimum Gasteiger partial charge on any atom is -0.494 e. The molecule has 0 saturated carbocycles. The van der Waals surface area contributed by atoms with Crippen LogP contribution in [0.3, 0.4) is 0 Å². The summed E-state index contributed by atoms with van der Waals surface area (Å²) in [6.07, 6.45) is 3.32. The smallest absolute Gasteiger partial charge is 0.243 e. The van der Waals surface area contributed by atoms with Gasteiger partial charge in [0.2, 0.25) is 5.91 Å². The summed E-state index contributed by atoms with van der Waals surface area (Å²) in [5.41, 5.74) is 1.58. The third-order valence-corrected chi connectivity index (χ3v) is 4.85. The van der Waals surface area contributed by atoms with E-state index in [2.05, 4.69) is 24.5 Å². The standard InChI is InChI=1S/C24H32N2O4/c1-18(2)12-14-29-21-10-8-19(9-11-21)25-16-24(27)26-20-5-3-6-22(15-20)30-17-23-7-4-13-28-23/h3,5-6,8-11,15,18,23,25H,4,7,12-14,16-17H2,1-2H3,(H,26,27). The van der Waals surface area contributed by atoms with Crippen LogP contribution >= 0.6 is 0 Å². The Kier molecular flexibility index (Phi) is 8.39. The fourth-order valence-electron chi connectivity index (χ4n) is 3.10. The van der Waals surface area contributed by atoms with Crippen LogP contribution in [0.2, 0.25) is 0 Å². The van der Waals surface area contributed by atoms with Gasteiger partial charge in [0.25, 0.3) is 0 Å².